The summed E-state index contributed by atoms with van der Waals surface area (Å²) < 4.78 is 1.74. The number of Topliss-reactive ketones (excluding diaryl/α,β-unsaturated/α-hetero) is 1. The van der Waals surface area contributed by atoms with Gasteiger partial charge in [0.05, 0.1) is 23.1 Å². The molecule has 0 saturated carbocycles. The van der Waals surface area contributed by atoms with E-state index in [4.69, 9.17) is 0 Å². The minimum absolute atomic E-state index is 0.0278. The topological polar surface area (TPSA) is 60.7 Å². The second kappa shape index (κ2) is 3.98. The molecule has 2 aromatic rings. The van der Waals surface area contributed by atoms with Gasteiger partial charge in [-0.05, 0) is 30.9 Å². The highest BCUT2D eigenvalue weighted by molar-refractivity contribution is 5.98. The summed E-state index contributed by atoms with van der Waals surface area (Å²) in [6, 6.07) is 3.77. The molecule has 0 bridgehead atoms. The number of fused-ring (bicyclic) bond motifs is 1. The van der Waals surface area contributed by atoms with Crippen molar-refractivity contribution in [2.45, 2.75) is 33.6 Å². The highest BCUT2D eigenvalue weighted by Gasteiger charge is 2.34. The molecule has 0 spiro atoms. The van der Waals surface area contributed by atoms with Gasteiger partial charge in [-0.2, -0.15) is 10.2 Å². The Morgan fingerprint density at radius 1 is 1.21 bits per heavy atom. The largest absolute Gasteiger partial charge is 0.294 e. The van der Waals surface area contributed by atoms with E-state index in [-0.39, 0.29) is 11.2 Å². The van der Waals surface area contributed by atoms with Gasteiger partial charge in [-0.15, -0.1) is 5.10 Å². The standard InChI is InChI=1S/C14H16N4O/c1-9-4-5-13(17-16-9)18-11-6-14(2,3)7-12(19)10(11)8-15-18/h4-5,8H,6-7H2,1-3H3. The zero-order valence-corrected chi connectivity index (χ0v) is 11.3. The van der Waals surface area contributed by atoms with Gasteiger partial charge in [0.15, 0.2) is 11.6 Å². The average Bonchev–Trinajstić information content (AvgIpc) is 2.72. The fraction of sp³-hybridized carbons (Fsp3) is 0.429. The van der Waals surface area contributed by atoms with Crippen LogP contribution in [0.1, 0.15) is 42.0 Å². The molecule has 0 unspecified atom stereocenters. The monoisotopic (exact) mass is 256 g/mol. The lowest BCUT2D eigenvalue weighted by Gasteiger charge is -2.28. The molecule has 5 heteroatoms. The summed E-state index contributed by atoms with van der Waals surface area (Å²) in [6.45, 7) is 6.10. The highest BCUT2D eigenvalue weighted by atomic mass is 16.1. The first-order chi connectivity index (χ1) is 8.96. The maximum Gasteiger partial charge on any atom is 0.175 e. The van der Waals surface area contributed by atoms with E-state index in [2.05, 4.69) is 29.1 Å². The van der Waals surface area contributed by atoms with Crippen molar-refractivity contribution < 1.29 is 4.79 Å². The molecular weight excluding hydrogens is 240 g/mol. The molecule has 0 atom stereocenters. The molecule has 0 fully saturated rings. The fourth-order valence-corrected chi connectivity index (χ4v) is 2.52. The van der Waals surface area contributed by atoms with Crippen LogP contribution in [-0.2, 0) is 6.42 Å². The number of aryl methyl sites for hydroxylation is 1. The molecule has 1 aliphatic carbocycles. The molecule has 0 aromatic carbocycles. The van der Waals surface area contributed by atoms with E-state index < -0.39 is 0 Å². The Labute approximate surface area is 111 Å². The molecule has 0 radical (unpaired) electrons. The summed E-state index contributed by atoms with van der Waals surface area (Å²) in [5, 5.41) is 12.5. The van der Waals surface area contributed by atoms with E-state index in [1.807, 2.05) is 19.1 Å². The van der Waals surface area contributed by atoms with Gasteiger partial charge >= 0.3 is 0 Å². The van der Waals surface area contributed by atoms with E-state index in [0.29, 0.717) is 12.2 Å². The second-order valence-electron chi connectivity index (χ2n) is 5.89. The minimum Gasteiger partial charge on any atom is -0.294 e. The Bertz CT molecular complexity index is 640. The second-order valence-corrected chi connectivity index (χ2v) is 5.89. The van der Waals surface area contributed by atoms with Crippen LogP contribution in [0.3, 0.4) is 0 Å². The van der Waals surface area contributed by atoms with Crippen molar-refractivity contribution in [1.29, 1.82) is 0 Å². The number of nitrogens with zero attached hydrogens (tertiary/aromatic N) is 4. The van der Waals surface area contributed by atoms with Crippen LogP contribution in [0.4, 0.5) is 0 Å². The van der Waals surface area contributed by atoms with Gasteiger partial charge < -0.3 is 0 Å². The summed E-state index contributed by atoms with van der Waals surface area (Å²) in [4.78, 5) is 12.1. The number of hydrogen-bond acceptors (Lipinski definition) is 4. The van der Waals surface area contributed by atoms with Crippen molar-refractivity contribution in [3.8, 4) is 5.82 Å². The number of carbonyl (C=O) groups is 1. The highest BCUT2D eigenvalue weighted by Crippen LogP contribution is 2.35. The number of ketones is 1. The Morgan fingerprint density at radius 3 is 2.68 bits per heavy atom. The zero-order chi connectivity index (χ0) is 13.6. The molecule has 1 aliphatic rings. The molecule has 0 aliphatic heterocycles. The molecule has 0 amide bonds. The Kier molecular flexibility index (Phi) is 2.52. The van der Waals surface area contributed by atoms with Crippen molar-refractivity contribution in [3.63, 3.8) is 0 Å². The normalized spacial score (nSPS) is 17.3. The van der Waals surface area contributed by atoms with Crippen LogP contribution in [0, 0.1) is 12.3 Å². The Balaban J connectivity index is 2.11. The van der Waals surface area contributed by atoms with Crippen molar-refractivity contribution in [2.75, 3.05) is 0 Å². The number of hydrogen-bond donors (Lipinski definition) is 0. The third-order valence-corrected chi connectivity index (χ3v) is 3.46. The van der Waals surface area contributed by atoms with Crippen molar-refractivity contribution in [1.82, 2.24) is 20.0 Å². The summed E-state index contributed by atoms with van der Waals surface area (Å²) in [5.74, 6) is 0.829. The van der Waals surface area contributed by atoms with Crippen LogP contribution in [0.5, 0.6) is 0 Å². The molecular formula is C14H16N4O. The molecule has 5 nitrogen and oxygen atoms in total. The lowest BCUT2D eigenvalue weighted by Crippen LogP contribution is -2.28. The first kappa shape index (κ1) is 12.0. The van der Waals surface area contributed by atoms with Crippen LogP contribution in [-0.4, -0.2) is 25.8 Å². The molecule has 3 rings (SSSR count). The first-order valence-electron chi connectivity index (χ1n) is 6.37. The van der Waals surface area contributed by atoms with E-state index in [1.54, 1.807) is 10.9 Å². The van der Waals surface area contributed by atoms with Crippen molar-refractivity contribution in [2.24, 2.45) is 5.41 Å². The third kappa shape index (κ3) is 2.05. The predicted molar refractivity (Wildman–Crippen MR) is 70.3 cm³/mol. The van der Waals surface area contributed by atoms with Crippen molar-refractivity contribution in [3.05, 3.63) is 35.3 Å². The van der Waals surface area contributed by atoms with E-state index in [1.165, 1.54) is 0 Å². The molecule has 2 heterocycles. The van der Waals surface area contributed by atoms with Crippen LogP contribution in [0.15, 0.2) is 18.3 Å². The van der Waals surface area contributed by atoms with Gasteiger partial charge in [-0.1, -0.05) is 13.8 Å². The van der Waals surface area contributed by atoms with Crippen LogP contribution in [0.2, 0.25) is 0 Å². The van der Waals surface area contributed by atoms with Crippen molar-refractivity contribution >= 4 is 5.78 Å². The van der Waals surface area contributed by atoms with Gasteiger partial charge in [-0.3, -0.25) is 4.79 Å². The van der Waals surface area contributed by atoms with E-state index in [9.17, 15) is 4.79 Å². The summed E-state index contributed by atoms with van der Waals surface area (Å²) in [7, 11) is 0. The molecule has 98 valence electrons. The van der Waals surface area contributed by atoms with E-state index >= 15 is 0 Å². The van der Waals surface area contributed by atoms with Gasteiger partial charge in [-0.25, -0.2) is 4.68 Å². The minimum atomic E-state index is -0.0278. The number of carbonyl (C=O) groups excluding carboxylic acids is 1. The van der Waals surface area contributed by atoms with Gasteiger partial charge in [0.1, 0.15) is 0 Å². The zero-order valence-electron chi connectivity index (χ0n) is 11.3. The predicted octanol–water partition coefficient (Wildman–Crippen LogP) is 2.13. The van der Waals surface area contributed by atoms with E-state index in [0.717, 1.165) is 23.4 Å². The molecule has 2 aromatic heterocycles. The maximum atomic E-state index is 12.1. The van der Waals surface area contributed by atoms with Crippen LogP contribution >= 0.6 is 0 Å². The molecule has 0 saturated heterocycles. The Morgan fingerprint density at radius 2 is 2.00 bits per heavy atom. The summed E-state index contributed by atoms with van der Waals surface area (Å²) in [5.41, 5.74) is 2.50. The summed E-state index contributed by atoms with van der Waals surface area (Å²) in [6.07, 6.45) is 3.04. The lowest BCUT2D eigenvalue weighted by atomic mass is 9.76. The average molecular weight is 256 g/mol. The SMILES string of the molecule is Cc1ccc(-n2ncc3c2CC(C)(C)CC3=O)nn1. The molecule has 0 N–H and O–H groups in total. The number of aromatic nitrogens is 4. The van der Waals surface area contributed by atoms with Crippen LogP contribution in [0.25, 0.3) is 5.82 Å². The first-order valence-corrected chi connectivity index (χ1v) is 6.37. The summed E-state index contributed by atoms with van der Waals surface area (Å²) >= 11 is 0. The maximum absolute atomic E-state index is 12.1. The van der Waals surface area contributed by atoms with Gasteiger partial charge in [0, 0.05) is 6.42 Å². The van der Waals surface area contributed by atoms with Gasteiger partial charge in [0.25, 0.3) is 0 Å². The van der Waals surface area contributed by atoms with Gasteiger partial charge in [0.2, 0.25) is 0 Å². The third-order valence-electron chi connectivity index (χ3n) is 3.46. The molecule has 19 heavy (non-hydrogen) atoms. The van der Waals surface area contributed by atoms with Crippen LogP contribution < -0.4 is 0 Å². The number of rotatable bonds is 1. The smallest absolute Gasteiger partial charge is 0.175 e. The quantitative estimate of drug-likeness (QED) is 0.784. The lowest BCUT2D eigenvalue weighted by molar-refractivity contribution is 0.0911. The fourth-order valence-electron chi connectivity index (χ4n) is 2.52. The Hall–Kier alpha value is -2.04.